The van der Waals surface area contributed by atoms with Crippen LogP contribution >= 0.6 is 0 Å². The fraction of sp³-hybridized carbons (Fsp3) is 0.385. The standard InChI is InChI=1S/C13H15F2N3O/c1-2-5-18-12(16-17-13(18)8-19)6-9-3-4-10(14)7-11(9)15/h3-4,7,19H,2,5-6,8H2,1H3. The summed E-state index contributed by atoms with van der Waals surface area (Å²) >= 11 is 0. The molecule has 0 unspecified atom stereocenters. The largest absolute Gasteiger partial charge is 0.388 e. The normalized spacial score (nSPS) is 10.9. The molecule has 0 radical (unpaired) electrons. The molecule has 2 rings (SSSR count). The molecule has 0 fully saturated rings. The van der Waals surface area contributed by atoms with Gasteiger partial charge in [0.25, 0.3) is 0 Å². The molecule has 4 nitrogen and oxygen atoms in total. The second-order valence-electron chi connectivity index (χ2n) is 4.25. The molecule has 0 saturated carbocycles. The van der Waals surface area contributed by atoms with Crippen LogP contribution in [0.1, 0.15) is 30.6 Å². The summed E-state index contributed by atoms with van der Waals surface area (Å²) in [5.41, 5.74) is 0.357. The van der Waals surface area contributed by atoms with Gasteiger partial charge in [0, 0.05) is 19.0 Å². The van der Waals surface area contributed by atoms with Crippen molar-refractivity contribution >= 4 is 0 Å². The number of halogens is 2. The second kappa shape index (κ2) is 5.88. The molecule has 6 heteroatoms. The summed E-state index contributed by atoms with van der Waals surface area (Å²) in [6.45, 7) is 2.43. The lowest BCUT2D eigenvalue weighted by Crippen LogP contribution is -2.09. The molecule has 1 aromatic heterocycles. The first-order chi connectivity index (χ1) is 9.15. The average Bonchev–Trinajstić information content (AvgIpc) is 2.76. The fourth-order valence-corrected chi connectivity index (χ4v) is 1.94. The smallest absolute Gasteiger partial charge is 0.158 e. The van der Waals surface area contributed by atoms with Crippen molar-refractivity contribution in [2.45, 2.75) is 32.9 Å². The van der Waals surface area contributed by atoms with Gasteiger partial charge in [0.2, 0.25) is 0 Å². The van der Waals surface area contributed by atoms with Crippen LogP contribution in [0.2, 0.25) is 0 Å². The Hall–Kier alpha value is -1.82. The summed E-state index contributed by atoms with van der Waals surface area (Å²) in [4.78, 5) is 0. The molecule has 19 heavy (non-hydrogen) atoms. The number of aromatic nitrogens is 3. The van der Waals surface area contributed by atoms with Crippen LogP contribution in [0, 0.1) is 11.6 Å². The number of aliphatic hydroxyl groups excluding tert-OH is 1. The summed E-state index contributed by atoms with van der Waals surface area (Å²) in [7, 11) is 0. The highest BCUT2D eigenvalue weighted by atomic mass is 19.1. The monoisotopic (exact) mass is 267 g/mol. The van der Waals surface area contributed by atoms with Gasteiger partial charge in [-0.2, -0.15) is 0 Å². The maximum atomic E-state index is 13.6. The van der Waals surface area contributed by atoms with Crippen LogP contribution in [-0.4, -0.2) is 19.9 Å². The van der Waals surface area contributed by atoms with Crippen LogP contribution in [0.25, 0.3) is 0 Å². The summed E-state index contributed by atoms with van der Waals surface area (Å²) in [5.74, 6) is -0.181. The molecule has 2 aromatic rings. The molecule has 1 heterocycles. The van der Waals surface area contributed by atoms with Crippen LogP contribution in [0.15, 0.2) is 18.2 Å². The van der Waals surface area contributed by atoms with E-state index >= 15 is 0 Å². The van der Waals surface area contributed by atoms with Crippen molar-refractivity contribution in [1.29, 1.82) is 0 Å². The van der Waals surface area contributed by atoms with Crippen molar-refractivity contribution in [3.8, 4) is 0 Å². The van der Waals surface area contributed by atoms with Crippen molar-refractivity contribution in [2.75, 3.05) is 0 Å². The van der Waals surface area contributed by atoms with E-state index < -0.39 is 11.6 Å². The first kappa shape index (κ1) is 13.6. The predicted octanol–water partition coefficient (Wildman–Crippen LogP) is 2.05. The minimum absolute atomic E-state index is 0.209. The quantitative estimate of drug-likeness (QED) is 0.902. The van der Waals surface area contributed by atoms with E-state index in [0.717, 1.165) is 12.5 Å². The van der Waals surface area contributed by atoms with E-state index in [9.17, 15) is 8.78 Å². The zero-order chi connectivity index (χ0) is 13.8. The van der Waals surface area contributed by atoms with E-state index in [4.69, 9.17) is 5.11 Å². The third-order valence-electron chi connectivity index (χ3n) is 2.86. The Morgan fingerprint density at radius 3 is 2.58 bits per heavy atom. The zero-order valence-corrected chi connectivity index (χ0v) is 10.6. The summed E-state index contributed by atoms with van der Waals surface area (Å²) in [6, 6.07) is 3.46. The van der Waals surface area contributed by atoms with Gasteiger partial charge in [-0.25, -0.2) is 8.78 Å². The highest BCUT2D eigenvalue weighted by Gasteiger charge is 2.13. The maximum absolute atomic E-state index is 13.6. The van der Waals surface area contributed by atoms with E-state index in [0.29, 0.717) is 23.8 Å². The number of hydrogen-bond donors (Lipinski definition) is 1. The summed E-state index contributed by atoms with van der Waals surface area (Å²) in [5, 5.41) is 17.0. The molecule has 0 atom stereocenters. The SMILES string of the molecule is CCCn1c(CO)nnc1Cc1ccc(F)cc1F. The van der Waals surface area contributed by atoms with Gasteiger partial charge in [0.1, 0.15) is 24.1 Å². The maximum Gasteiger partial charge on any atom is 0.158 e. The zero-order valence-electron chi connectivity index (χ0n) is 10.6. The lowest BCUT2D eigenvalue weighted by atomic mass is 10.1. The van der Waals surface area contributed by atoms with Crippen molar-refractivity contribution in [2.24, 2.45) is 0 Å². The number of rotatable bonds is 5. The Morgan fingerprint density at radius 1 is 1.21 bits per heavy atom. The molecule has 0 saturated heterocycles. The van der Waals surface area contributed by atoms with Gasteiger partial charge in [-0.15, -0.1) is 10.2 Å². The van der Waals surface area contributed by atoms with Crippen molar-refractivity contribution in [3.05, 3.63) is 47.0 Å². The third-order valence-corrected chi connectivity index (χ3v) is 2.86. The first-order valence-corrected chi connectivity index (χ1v) is 6.11. The Labute approximate surface area is 109 Å². The van der Waals surface area contributed by atoms with Crippen molar-refractivity contribution in [1.82, 2.24) is 14.8 Å². The van der Waals surface area contributed by atoms with Crippen LogP contribution in [0.3, 0.4) is 0 Å². The van der Waals surface area contributed by atoms with Gasteiger partial charge < -0.3 is 9.67 Å². The van der Waals surface area contributed by atoms with Gasteiger partial charge >= 0.3 is 0 Å². The first-order valence-electron chi connectivity index (χ1n) is 6.11. The van der Waals surface area contributed by atoms with Gasteiger partial charge in [-0.1, -0.05) is 13.0 Å². The minimum Gasteiger partial charge on any atom is -0.388 e. The van der Waals surface area contributed by atoms with E-state index in [-0.39, 0.29) is 13.0 Å². The van der Waals surface area contributed by atoms with E-state index in [1.807, 2.05) is 6.92 Å². The Bertz CT molecular complexity index is 569. The second-order valence-corrected chi connectivity index (χ2v) is 4.25. The molecule has 0 aliphatic rings. The highest BCUT2D eigenvalue weighted by Crippen LogP contribution is 2.15. The third kappa shape index (κ3) is 2.96. The van der Waals surface area contributed by atoms with Crippen LogP contribution < -0.4 is 0 Å². The molecule has 102 valence electrons. The molecule has 1 aromatic carbocycles. The van der Waals surface area contributed by atoms with Crippen LogP contribution in [-0.2, 0) is 19.6 Å². The summed E-state index contributed by atoms with van der Waals surface area (Å²) < 4.78 is 28.2. The Kier molecular flexibility index (Phi) is 4.21. The number of nitrogens with zero attached hydrogens (tertiary/aromatic N) is 3. The van der Waals surface area contributed by atoms with Gasteiger partial charge in [-0.05, 0) is 18.1 Å². The number of aliphatic hydroxyl groups is 1. The number of benzene rings is 1. The van der Waals surface area contributed by atoms with E-state index in [1.54, 1.807) is 4.57 Å². The minimum atomic E-state index is -0.604. The van der Waals surface area contributed by atoms with Gasteiger partial charge in [0.05, 0.1) is 0 Å². The van der Waals surface area contributed by atoms with Crippen LogP contribution in [0.5, 0.6) is 0 Å². The Balaban J connectivity index is 2.29. The molecule has 0 bridgehead atoms. The topological polar surface area (TPSA) is 50.9 Å². The number of hydrogen-bond acceptors (Lipinski definition) is 3. The molecule has 0 aliphatic carbocycles. The van der Waals surface area contributed by atoms with Crippen molar-refractivity contribution < 1.29 is 13.9 Å². The van der Waals surface area contributed by atoms with E-state index in [2.05, 4.69) is 10.2 Å². The molecular formula is C13H15F2N3O. The lowest BCUT2D eigenvalue weighted by Gasteiger charge is -2.08. The molecule has 0 aliphatic heterocycles. The Morgan fingerprint density at radius 2 is 1.95 bits per heavy atom. The molecule has 0 spiro atoms. The molecule has 0 amide bonds. The molecule has 1 N–H and O–H groups in total. The van der Waals surface area contributed by atoms with Gasteiger partial charge in [-0.3, -0.25) is 0 Å². The summed E-state index contributed by atoms with van der Waals surface area (Å²) in [6.07, 6.45) is 1.07. The highest BCUT2D eigenvalue weighted by molar-refractivity contribution is 5.22. The van der Waals surface area contributed by atoms with Crippen LogP contribution in [0.4, 0.5) is 8.78 Å². The predicted molar refractivity (Wildman–Crippen MR) is 65.4 cm³/mol. The molecular weight excluding hydrogens is 252 g/mol. The lowest BCUT2D eigenvalue weighted by molar-refractivity contribution is 0.264. The van der Waals surface area contributed by atoms with Gasteiger partial charge in [0.15, 0.2) is 5.82 Å². The van der Waals surface area contributed by atoms with Crippen molar-refractivity contribution in [3.63, 3.8) is 0 Å². The van der Waals surface area contributed by atoms with E-state index in [1.165, 1.54) is 12.1 Å². The fourth-order valence-electron chi connectivity index (χ4n) is 1.94. The average molecular weight is 267 g/mol.